The summed E-state index contributed by atoms with van der Waals surface area (Å²) in [6.45, 7) is -0.557. The van der Waals surface area contributed by atoms with Gasteiger partial charge in [-0.2, -0.15) is 0 Å². The summed E-state index contributed by atoms with van der Waals surface area (Å²) in [5.74, 6) is 0. The lowest BCUT2D eigenvalue weighted by atomic mass is 10.1. The van der Waals surface area contributed by atoms with Crippen LogP contribution < -0.4 is 11.2 Å². The van der Waals surface area contributed by atoms with E-state index in [1.54, 1.807) is 0 Å². The molecule has 100 valence electrons. The summed E-state index contributed by atoms with van der Waals surface area (Å²) in [6, 6.07) is 1.09. The van der Waals surface area contributed by atoms with Crippen molar-refractivity contribution >= 4 is 0 Å². The van der Waals surface area contributed by atoms with Gasteiger partial charge in [-0.1, -0.05) is 0 Å². The first-order valence-electron chi connectivity index (χ1n) is 5.34. The molecule has 2 rings (SSSR count). The summed E-state index contributed by atoms with van der Waals surface area (Å²) in [7, 11) is 1.25. The largest absolute Gasteiger partial charge is 0.394 e. The van der Waals surface area contributed by atoms with Gasteiger partial charge in [0.15, 0.2) is 12.4 Å². The maximum atomic E-state index is 13.8. The van der Waals surface area contributed by atoms with E-state index in [1.807, 2.05) is 0 Å². The molecule has 4 atom stereocenters. The molecule has 0 radical (unpaired) electrons. The van der Waals surface area contributed by atoms with Crippen molar-refractivity contribution in [1.29, 1.82) is 0 Å². The molecule has 1 unspecified atom stereocenters. The molecule has 1 fully saturated rings. The Morgan fingerprint density at radius 2 is 2.17 bits per heavy atom. The summed E-state index contributed by atoms with van der Waals surface area (Å²) in [5, 5.41) is 18.4. The Bertz CT molecular complexity index is 554. The lowest BCUT2D eigenvalue weighted by Gasteiger charge is -2.16. The molecule has 0 saturated carbocycles. The Balaban J connectivity index is 2.42. The molecule has 0 bridgehead atoms. The van der Waals surface area contributed by atoms with Crippen LogP contribution in [0.15, 0.2) is 21.9 Å². The fourth-order valence-electron chi connectivity index (χ4n) is 1.86. The van der Waals surface area contributed by atoms with Crippen molar-refractivity contribution in [2.45, 2.75) is 24.6 Å². The van der Waals surface area contributed by atoms with Crippen LogP contribution in [0.1, 0.15) is 6.23 Å². The van der Waals surface area contributed by atoms with E-state index in [0.29, 0.717) is 0 Å². The Hall–Kier alpha value is -1.51. The smallest absolute Gasteiger partial charge is 0.332 e. The molecule has 18 heavy (non-hydrogen) atoms. The van der Waals surface area contributed by atoms with Crippen LogP contribution in [0.3, 0.4) is 0 Å². The molecular weight excluding hydrogens is 247 g/mol. The van der Waals surface area contributed by atoms with E-state index in [1.165, 1.54) is 7.05 Å². The van der Waals surface area contributed by atoms with Crippen molar-refractivity contribution in [2.75, 3.05) is 6.61 Å². The molecule has 8 heteroatoms. The number of ether oxygens (including phenoxy) is 1. The average molecular weight is 260 g/mol. The fourth-order valence-corrected chi connectivity index (χ4v) is 1.86. The number of halogens is 1. The number of aliphatic hydroxyl groups excluding tert-OH is 2. The molecule has 2 heterocycles. The lowest BCUT2D eigenvalue weighted by Crippen LogP contribution is -2.40. The van der Waals surface area contributed by atoms with Gasteiger partial charge in [-0.3, -0.25) is 13.9 Å². The van der Waals surface area contributed by atoms with Crippen molar-refractivity contribution in [1.82, 2.24) is 9.13 Å². The van der Waals surface area contributed by atoms with Gasteiger partial charge in [-0.15, -0.1) is 0 Å². The highest BCUT2D eigenvalue weighted by atomic mass is 19.1. The second-order valence-corrected chi connectivity index (χ2v) is 4.09. The molecule has 0 aliphatic carbocycles. The van der Waals surface area contributed by atoms with E-state index in [9.17, 15) is 19.1 Å². The number of hydrogen-bond acceptors (Lipinski definition) is 5. The predicted octanol–water partition coefficient (Wildman–Crippen LogP) is -1.86. The third-order valence-electron chi connectivity index (χ3n) is 2.96. The summed E-state index contributed by atoms with van der Waals surface area (Å²) in [4.78, 5) is 23.0. The number of hydrogen-bond donors (Lipinski definition) is 2. The van der Waals surface area contributed by atoms with Crippen LogP contribution in [0, 0.1) is 0 Å². The fraction of sp³-hybridized carbons (Fsp3) is 0.600. The highest BCUT2D eigenvalue weighted by molar-refractivity contribution is 4.94. The first-order valence-corrected chi connectivity index (χ1v) is 5.34. The van der Waals surface area contributed by atoms with Crippen LogP contribution in [0.4, 0.5) is 4.39 Å². The normalized spacial score (nSPS) is 31.8. The Morgan fingerprint density at radius 1 is 1.50 bits per heavy atom. The number of aliphatic hydroxyl groups is 2. The molecule has 1 aliphatic heterocycles. The lowest BCUT2D eigenvalue weighted by molar-refractivity contribution is -0.0495. The average Bonchev–Trinajstić information content (AvgIpc) is 2.64. The number of rotatable bonds is 2. The SMILES string of the molecule is Cn1c(=O)ccn([C@@H]2O[C@H](CO)C(O)[C@@H]2F)c1=O. The molecule has 1 aromatic heterocycles. The molecular formula is C10H13FN2O5. The first-order chi connectivity index (χ1) is 8.47. The molecule has 1 saturated heterocycles. The van der Waals surface area contributed by atoms with Gasteiger partial charge in [0.2, 0.25) is 0 Å². The van der Waals surface area contributed by atoms with Crippen molar-refractivity contribution in [3.8, 4) is 0 Å². The molecule has 1 aromatic rings. The quantitative estimate of drug-likeness (QED) is 0.650. The molecule has 1 aliphatic rings. The van der Waals surface area contributed by atoms with E-state index in [0.717, 1.165) is 21.4 Å². The summed E-state index contributed by atoms with van der Waals surface area (Å²) in [5.41, 5.74) is -1.27. The van der Waals surface area contributed by atoms with Crippen LogP contribution >= 0.6 is 0 Å². The molecule has 0 amide bonds. The molecule has 0 spiro atoms. The maximum absolute atomic E-state index is 13.8. The topological polar surface area (TPSA) is 93.7 Å². The van der Waals surface area contributed by atoms with Gasteiger partial charge in [-0.25, -0.2) is 9.18 Å². The number of alkyl halides is 1. The standard InChI is InChI=1S/C10H13FN2O5/c1-12-6(15)2-3-13(10(12)17)9-7(11)8(16)5(4-14)18-9/h2-3,5,7-9,14,16H,4H2,1H3/t5-,7+,8?,9-/m1/s1. The number of aromatic nitrogens is 2. The van der Waals surface area contributed by atoms with E-state index >= 15 is 0 Å². The van der Waals surface area contributed by atoms with Crippen LogP contribution in [0.25, 0.3) is 0 Å². The van der Waals surface area contributed by atoms with E-state index in [2.05, 4.69) is 0 Å². The van der Waals surface area contributed by atoms with Gasteiger partial charge >= 0.3 is 5.69 Å². The summed E-state index contributed by atoms with van der Waals surface area (Å²) >= 11 is 0. The van der Waals surface area contributed by atoms with E-state index in [-0.39, 0.29) is 0 Å². The third kappa shape index (κ3) is 1.88. The second kappa shape index (κ2) is 4.63. The minimum Gasteiger partial charge on any atom is -0.394 e. The van der Waals surface area contributed by atoms with Crippen LogP contribution in [-0.4, -0.2) is 44.3 Å². The first kappa shape index (κ1) is 12.9. The second-order valence-electron chi connectivity index (χ2n) is 4.09. The monoisotopic (exact) mass is 260 g/mol. The van der Waals surface area contributed by atoms with E-state index in [4.69, 9.17) is 9.84 Å². The Morgan fingerprint density at radius 3 is 2.72 bits per heavy atom. The molecule has 7 nitrogen and oxygen atoms in total. The minimum absolute atomic E-state index is 0.524. The van der Waals surface area contributed by atoms with Gasteiger partial charge in [0, 0.05) is 19.3 Å². The van der Waals surface area contributed by atoms with Crippen molar-refractivity contribution < 1.29 is 19.3 Å². The Labute approximate surface area is 101 Å². The van der Waals surface area contributed by atoms with Crippen molar-refractivity contribution in [3.05, 3.63) is 33.1 Å². The highest BCUT2D eigenvalue weighted by Gasteiger charge is 2.45. The van der Waals surface area contributed by atoms with Gasteiger partial charge in [0.25, 0.3) is 5.56 Å². The highest BCUT2D eigenvalue weighted by Crippen LogP contribution is 2.30. The zero-order chi connectivity index (χ0) is 13.4. The third-order valence-corrected chi connectivity index (χ3v) is 2.96. The van der Waals surface area contributed by atoms with Crippen molar-refractivity contribution in [3.63, 3.8) is 0 Å². The van der Waals surface area contributed by atoms with E-state index < -0.39 is 42.5 Å². The molecule has 2 N–H and O–H groups in total. The van der Waals surface area contributed by atoms with Gasteiger partial charge in [0.1, 0.15) is 12.2 Å². The zero-order valence-electron chi connectivity index (χ0n) is 9.56. The van der Waals surface area contributed by atoms with Gasteiger partial charge in [0.05, 0.1) is 6.61 Å². The maximum Gasteiger partial charge on any atom is 0.332 e. The minimum atomic E-state index is -1.85. The van der Waals surface area contributed by atoms with Gasteiger partial charge in [-0.05, 0) is 0 Å². The zero-order valence-corrected chi connectivity index (χ0v) is 9.56. The Kier molecular flexibility index (Phi) is 3.33. The molecule has 0 aromatic carbocycles. The van der Waals surface area contributed by atoms with Crippen LogP contribution in [-0.2, 0) is 11.8 Å². The summed E-state index contributed by atoms with van der Waals surface area (Å²) in [6.07, 6.45) is -4.69. The van der Waals surface area contributed by atoms with Crippen molar-refractivity contribution in [2.24, 2.45) is 7.05 Å². The summed E-state index contributed by atoms with van der Waals surface area (Å²) < 4.78 is 20.5. The predicted molar refractivity (Wildman–Crippen MR) is 57.8 cm³/mol. The van der Waals surface area contributed by atoms with Crippen LogP contribution in [0.5, 0.6) is 0 Å². The van der Waals surface area contributed by atoms with Gasteiger partial charge < -0.3 is 14.9 Å². The number of nitrogens with zero attached hydrogens (tertiary/aromatic N) is 2. The van der Waals surface area contributed by atoms with Crippen LogP contribution in [0.2, 0.25) is 0 Å².